The zero-order valence-electron chi connectivity index (χ0n) is 17.9. The van der Waals surface area contributed by atoms with Crippen LogP contribution < -0.4 is 22.1 Å². The number of hydrogen-bond donors (Lipinski definition) is 4. The first-order valence-electron chi connectivity index (χ1n) is 10.2. The van der Waals surface area contributed by atoms with Crippen molar-refractivity contribution in [2.75, 3.05) is 39.3 Å². The van der Waals surface area contributed by atoms with Crippen molar-refractivity contribution >= 4 is 11.8 Å². The Morgan fingerprint density at radius 3 is 1.68 bits per heavy atom. The highest BCUT2D eigenvalue weighted by molar-refractivity contribution is 5.76. The number of amides is 2. The lowest BCUT2D eigenvalue weighted by Gasteiger charge is -2.52. The largest absolute Gasteiger partial charge is 0.355 e. The highest BCUT2D eigenvalue weighted by Gasteiger charge is 2.47. The van der Waals surface area contributed by atoms with Crippen LogP contribution >= 0.6 is 0 Å². The number of hydrogen-bond acceptors (Lipinski definition) is 6. The topological polar surface area (TPSA) is 137 Å². The summed E-state index contributed by atoms with van der Waals surface area (Å²) in [6, 6.07) is 0.125. The lowest BCUT2D eigenvalue weighted by atomic mass is 9.78. The van der Waals surface area contributed by atoms with Crippen LogP contribution in [-0.4, -0.2) is 78.2 Å². The maximum absolute atomic E-state index is 12.7. The van der Waals surface area contributed by atoms with E-state index in [-0.39, 0.29) is 17.9 Å². The Hall–Kier alpha value is -1.26. The fourth-order valence-corrected chi connectivity index (χ4v) is 4.04. The van der Waals surface area contributed by atoms with Gasteiger partial charge in [-0.3, -0.25) is 14.5 Å². The van der Waals surface area contributed by atoms with Crippen molar-refractivity contribution < 1.29 is 14.8 Å². The van der Waals surface area contributed by atoms with Crippen molar-refractivity contribution in [2.45, 2.75) is 70.5 Å². The van der Waals surface area contributed by atoms with Gasteiger partial charge in [0.2, 0.25) is 11.8 Å². The molecule has 0 saturated carbocycles. The Kier molecular flexibility index (Phi) is 9.79. The molecule has 1 aliphatic heterocycles. The van der Waals surface area contributed by atoms with Crippen LogP contribution in [0.2, 0.25) is 0 Å². The first-order valence-corrected chi connectivity index (χ1v) is 10.2. The van der Waals surface area contributed by atoms with Gasteiger partial charge in [-0.1, -0.05) is 0 Å². The standard InChI is InChI=1S/C19H39N6O3/c1-18(2)13-15(14-19(3,4)25(18)28)24(11-5-16(26)22-9-7-20)12-6-17(27)23-10-8-21/h15H,5-14,20-21H2,1-4H3,(H,22,26)(H,23,27). The SMILES string of the molecule is CC1(C)CC(N(CCC(=O)NCCN)CCC(=O)NCCN)CC(C)(C)N1[O]. The number of rotatable bonds is 11. The van der Waals surface area contributed by atoms with Gasteiger partial charge in [-0.25, -0.2) is 0 Å². The van der Waals surface area contributed by atoms with Crippen molar-refractivity contribution in [3.8, 4) is 0 Å². The summed E-state index contributed by atoms with van der Waals surface area (Å²) in [6.45, 7) is 10.6. The van der Waals surface area contributed by atoms with E-state index in [0.29, 0.717) is 65.0 Å². The van der Waals surface area contributed by atoms with Crippen LogP contribution in [0.3, 0.4) is 0 Å². The minimum absolute atomic E-state index is 0.0529. The molecule has 0 atom stereocenters. The van der Waals surface area contributed by atoms with Crippen LogP contribution in [0, 0.1) is 0 Å². The molecule has 163 valence electrons. The van der Waals surface area contributed by atoms with Gasteiger partial charge in [-0.2, -0.15) is 0 Å². The normalized spacial score (nSPS) is 19.6. The molecule has 1 radical (unpaired) electrons. The molecule has 0 aromatic rings. The molecule has 9 nitrogen and oxygen atoms in total. The Morgan fingerprint density at radius 2 is 1.32 bits per heavy atom. The van der Waals surface area contributed by atoms with Crippen molar-refractivity contribution in [2.24, 2.45) is 11.5 Å². The summed E-state index contributed by atoms with van der Waals surface area (Å²) in [7, 11) is 0. The smallest absolute Gasteiger partial charge is 0.221 e. The quantitative estimate of drug-likeness (QED) is 0.373. The molecular formula is C19H39N6O3. The Bertz CT molecular complexity index is 470. The maximum atomic E-state index is 12.7. The zero-order valence-corrected chi connectivity index (χ0v) is 17.9. The second kappa shape index (κ2) is 11.1. The van der Waals surface area contributed by atoms with E-state index in [2.05, 4.69) is 15.5 Å². The predicted octanol–water partition coefficient (Wildman–Crippen LogP) is -0.414. The van der Waals surface area contributed by atoms with Gasteiger partial charge in [0, 0.05) is 69.2 Å². The van der Waals surface area contributed by atoms with Crippen LogP contribution in [-0.2, 0) is 14.8 Å². The summed E-state index contributed by atoms with van der Waals surface area (Å²) in [5, 5.41) is 19.4. The Morgan fingerprint density at radius 1 is 0.929 bits per heavy atom. The molecule has 1 fully saturated rings. The average molecular weight is 400 g/mol. The van der Waals surface area contributed by atoms with Gasteiger partial charge in [0.1, 0.15) is 0 Å². The summed E-state index contributed by atoms with van der Waals surface area (Å²) in [6.07, 6.45) is 2.05. The van der Waals surface area contributed by atoms with Crippen molar-refractivity contribution in [3.05, 3.63) is 0 Å². The summed E-state index contributed by atoms with van der Waals surface area (Å²) < 4.78 is 0. The van der Waals surface area contributed by atoms with Crippen LogP contribution in [0.5, 0.6) is 0 Å². The molecule has 28 heavy (non-hydrogen) atoms. The molecule has 9 heteroatoms. The molecular weight excluding hydrogens is 360 g/mol. The third kappa shape index (κ3) is 7.63. The second-order valence-corrected chi connectivity index (χ2v) is 8.79. The van der Waals surface area contributed by atoms with Crippen molar-refractivity contribution in [3.63, 3.8) is 0 Å². The number of nitrogens with two attached hydrogens (primary N) is 2. The highest BCUT2D eigenvalue weighted by Crippen LogP contribution is 2.39. The van der Waals surface area contributed by atoms with Gasteiger partial charge in [-0.05, 0) is 40.5 Å². The van der Waals surface area contributed by atoms with Gasteiger partial charge >= 0.3 is 0 Å². The molecule has 0 bridgehead atoms. The molecule has 1 heterocycles. The molecule has 6 N–H and O–H groups in total. The summed E-state index contributed by atoms with van der Waals surface area (Å²) in [4.78, 5) is 26.2. The fourth-order valence-electron chi connectivity index (χ4n) is 4.04. The van der Waals surface area contributed by atoms with Crippen LogP contribution in [0.4, 0.5) is 0 Å². The lowest BCUT2D eigenvalue weighted by Crippen LogP contribution is -2.62. The van der Waals surface area contributed by atoms with E-state index in [9.17, 15) is 14.8 Å². The number of nitrogens with zero attached hydrogens (tertiary/aromatic N) is 2. The lowest BCUT2D eigenvalue weighted by molar-refractivity contribution is -0.294. The predicted molar refractivity (Wildman–Crippen MR) is 109 cm³/mol. The Balaban J connectivity index is 2.80. The van der Waals surface area contributed by atoms with Crippen molar-refractivity contribution in [1.29, 1.82) is 0 Å². The van der Waals surface area contributed by atoms with E-state index < -0.39 is 11.1 Å². The van der Waals surface area contributed by atoms with Crippen molar-refractivity contribution in [1.82, 2.24) is 20.6 Å². The number of carbonyl (C=O) groups is 2. The highest BCUT2D eigenvalue weighted by atomic mass is 16.5. The van der Waals surface area contributed by atoms with E-state index >= 15 is 0 Å². The third-order valence-corrected chi connectivity index (χ3v) is 5.27. The minimum Gasteiger partial charge on any atom is -0.355 e. The summed E-state index contributed by atoms with van der Waals surface area (Å²) >= 11 is 0. The minimum atomic E-state index is -0.506. The molecule has 0 unspecified atom stereocenters. The number of hydroxylamine groups is 2. The summed E-state index contributed by atoms with van der Waals surface area (Å²) in [5.74, 6) is -0.106. The molecule has 0 aliphatic carbocycles. The molecule has 2 amide bonds. The molecule has 1 aliphatic rings. The van der Waals surface area contributed by atoms with Gasteiger partial charge in [0.05, 0.1) is 0 Å². The summed E-state index contributed by atoms with van der Waals surface area (Å²) in [5.41, 5.74) is 9.85. The van der Waals surface area contributed by atoms with Crippen LogP contribution in [0.15, 0.2) is 0 Å². The van der Waals surface area contributed by atoms with Gasteiger partial charge in [0.25, 0.3) is 0 Å². The van der Waals surface area contributed by atoms with Gasteiger partial charge in [-0.15, -0.1) is 10.3 Å². The molecule has 1 saturated heterocycles. The first kappa shape index (κ1) is 24.8. The number of carbonyl (C=O) groups excluding carboxylic acids is 2. The zero-order chi connectivity index (χ0) is 21.4. The maximum Gasteiger partial charge on any atom is 0.221 e. The van der Waals surface area contributed by atoms with E-state index in [1.165, 1.54) is 5.06 Å². The molecule has 0 spiro atoms. The second-order valence-electron chi connectivity index (χ2n) is 8.79. The average Bonchev–Trinajstić information content (AvgIpc) is 2.62. The van der Waals surface area contributed by atoms with E-state index in [1.807, 2.05) is 27.7 Å². The first-order chi connectivity index (χ1) is 13.0. The van der Waals surface area contributed by atoms with E-state index in [0.717, 1.165) is 0 Å². The molecule has 1 rings (SSSR count). The monoisotopic (exact) mass is 399 g/mol. The molecule has 0 aromatic carbocycles. The van der Waals surface area contributed by atoms with Gasteiger partial charge < -0.3 is 22.1 Å². The molecule has 0 aromatic heterocycles. The Labute approximate surface area is 169 Å². The fraction of sp³-hybridized carbons (Fsp3) is 0.895. The third-order valence-electron chi connectivity index (χ3n) is 5.27. The van der Waals surface area contributed by atoms with Crippen LogP contribution in [0.25, 0.3) is 0 Å². The van der Waals surface area contributed by atoms with Crippen LogP contribution in [0.1, 0.15) is 53.4 Å². The number of nitrogens with one attached hydrogen (secondary N) is 2. The van der Waals surface area contributed by atoms with Gasteiger partial charge in [0.15, 0.2) is 0 Å². The number of piperidine rings is 1. The van der Waals surface area contributed by atoms with E-state index in [4.69, 9.17) is 11.5 Å². The van der Waals surface area contributed by atoms with E-state index in [1.54, 1.807) is 0 Å².